The minimum atomic E-state index is -4.44. The van der Waals surface area contributed by atoms with E-state index in [-0.39, 0.29) is 10.9 Å². The van der Waals surface area contributed by atoms with Gasteiger partial charge < -0.3 is 10.6 Å². The minimum absolute atomic E-state index is 0.168. The number of nitrogens with zero attached hydrogens (tertiary/aromatic N) is 3. The molecule has 0 aliphatic carbocycles. The number of hydrogen-bond donors (Lipinski definition) is 2. The quantitative estimate of drug-likeness (QED) is 0.112. The molecule has 3 aromatic carbocycles. The van der Waals surface area contributed by atoms with E-state index in [9.17, 15) is 44.0 Å². The van der Waals surface area contributed by atoms with Crippen LogP contribution >= 0.6 is 11.3 Å². The fourth-order valence-corrected chi connectivity index (χ4v) is 8.35. The van der Waals surface area contributed by atoms with Crippen molar-refractivity contribution in [1.29, 1.82) is 0 Å². The molecule has 11 nitrogen and oxygen atoms in total. The van der Waals surface area contributed by atoms with Crippen LogP contribution in [0.3, 0.4) is 0 Å². The van der Waals surface area contributed by atoms with Crippen LogP contribution in [-0.4, -0.2) is 53.1 Å². The first-order valence-electron chi connectivity index (χ1n) is 16.0. The molecule has 286 valence electrons. The normalized spacial score (nSPS) is 12.1. The van der Waals surface area contributed by atoms with Crippen molar-refractivity contribution >= 4 is 64.5 Å². The van der Waals surface area contributed by atoms with Gasteiger partial charge in [0.05, 0.1) is 5.69 Å². The number of carbonyl (C=O) groups is 2. The van der Waals surface area contributed by atoms with Crippen LogP contribution in [0.15, 0.2) is 113 Å². The molecule has 0 unspecified atom stereocenters. The van der Waals surface area contributed by atoms with E-state index >= 15 is 0 Å². The predicted molar refractivity (Wildman–Crippen MR) is 200 cm³/mol. The number of fused-ring (bicyclic) bond motifs is 1. The maximum absolute atomic E-state index is 14.0. The molecule has 0 radical (unpaired) electrons. The number of rotatable bonds is 9. The average molecular weight is 814 g/mol. The Bertz CT molecular complexity index is 2640. The van der Waals surface area contributed by atoms with E-state index in [1.54, 1.807) is 42.2 Å². The summed E-state index contributed by atoms with van der Waals surface area (Å²) in [6.07, 6.45) is 4.76. The van der Waals surface area contributed by atoms with Gasteiger partial charge in [-0.15, -0.1) is 11.3 Å². The Morgan fingerprint density at radius 1 is 0.673 bits per heavy atom. The number of nitrogens with one attached hydrogen (secondary N) is 2. The van der Waals surface area contributed by atoms with E-state index in [0.717, 1.165) is 79.6 Å². The fraction of sp³-hybridized carbons (Fsp3) is 0.162. The highest BCUT2D eigenvalue weighted by atomic mass is 32.2. The monoisotopic (exact) mass is 813 g/mol. The summed E-state index contributed by atoms with van der Waals surface area (Å²) in [6, 6.07) is 16.7. The summed E-state index contributed by atoms with van der Waals surface area (Å²) in [4.78, 5) is 36.1. The molecule has 2 amide bonds. The van der Waals surface area contributed by atoms with Crippen LogP contribution in [0.4, 0.5) is 28.5 Å². The zero-order valence-electron chi connectivity index (χ0n) is 29.3. The van der Waals surface area contributed by atoms with Gasteiger partial charge in [0.25, 0.3) is 0 Å². The van der Waals surface area contributed by atoms with Crippen molar-refractivity contribution in [2.75, 3.05) is 10.6 Å². The number of pyridine rings is 2. The van der Waals surface area contributed by atoms with Gasteiger partial charge in [0.2, 0.25) is 11.8 Å². The van der Waals surface area contributed by atoms with Crippen molar-refractivity contribution in [1.82, 2.24) is 15.0 Å². The second-order valence-electron chi connectivity index (χ2n) is 12.8. The summed E-state index contributed by atoms with van der Waals surface area (Å²) in [5, 5.41) is 8.45. The van der Waals surface area contributed by atoms with Crippen molar-refractivity contribution in [2.24, 2.45) is 0 Å². The molecule has 0 saturated heterocycles. The predicted octanol–water partition coefficient (Wildman–Crippen LogP) is 7.38. The lowest BCUT2D eigenvalue weighted by molar-refractivity contribution is -0.118. The van der Waals surface area contributed by atoms with Gasteiger partial charge in [-0.3, -0.25) is 14.6 Å². The number of thiazole rings is 1. The fourth-order valence-electron chi connectivity index (χ4n) is 4.82. The molecule has 0 saturated carbocycles. The van der Waals surface area contributed by atoms with Gasteiger partial charge in [-0.2, -0.15) is 0 Å². The average Bonchev–Trinajstić information content (AvgIpc) is 3.60. The summed E-state index contributed by atoms with van der Waals surface area (Å²) >= 11 is 1.11. The zero-order valence-corrected chi connectivity index (χ0v) is 31.8. The van der Waals surface area contributed by atoms with Crippen molar-refractivity contribution in [2.45, 2.75) is 47.0 Å². The standard InChI is InChI=1S/C19H16F2N2O3S.C18H15F2N3O3S2/c1-19(2,27(25,26)16-8-7-14(20)10-15(16)21)18(24)23-17-9-12-5-3-4-6-13(12)11-22-17;1-18(2,28(25,26)15-6-5-12(19)8-13(15)20)16(24)23-17-22-14(10-27-17)11-4-3-7-21-9-11/h3-11H,1-2H3,(H,22,23,24);3-10H,1-2H3,(H,22,23,24). The lowest BCUT2D eigenvalue weighted by Gasteiger charge is -2.24. The molecule has 2 N–H and O–H groups in total. The van der Waals surface area contributed by atoms with E-state index in [2.05, 4.69) is 25.6 Å². The van der Waals surface area contributed by atoms with E-state index in [1.807, 2.05) is 24.3 Å². The number of anilines is 2. The Morgan fingerprint density at radius 3 is 1.75 bits per heavy atom. The molecule has 0 aliphatic rings. The van der Waals surface area contributed by atoms with Crippen molar-refractivity contribution in [3.05, 3.63) is 126 Å². The molecule has 0 bridgehead atoms. The van der Waals surface area contributed by atoms with E-state index < -0.39 is 74.0 Å². The smallest absolute Gasteiger partial charge is 0.247 e. The van der Waals surface area contributed by atoms with Crippen LogP contribution in [0.2, 0.25) is 0 Å². The Labute approximate surface area is 317 Å². The second kappa shape index (κ2) is 15.6. The first kappa shape index (κ1) is 40.6. The minimum Gasteiger partial charge on any atom is -0.309 e. The molecule has 3 aromatic heterocycles. The van der Waals surface area contributed by atoms with Gasteiger partial charge in [0, 0.05) is 47.1 Å². The SMILES string of the molecule is CC(C)(C(=O)Nc1cc2ccccc2cn1)S(=O)(=O)c1ccc(F)cc1F.CC(C)(C(=O)Nc1nc(-c2cccnc2)cs1)S(=O)(=O)c1ccc(F)cc1F. The largest absolute Gasteiger partial charge is 0.309 e. The van der Waals surface area contributed by atoms with Crippen LogP contribution in [0, 0.1) is 23.3 Å². The highest BCUT2D eigenvalue weighted by molar-refractivity contribution is 7.94. The van der Waals surface area contributed by atoms with Gasteiger partial charge in [-0.05, 0) is 75.5 Å². The first-order valence-corrected chi connectivity index (χ1v) is 19.8. The van der Waals surface area contributed by atoms with Crippen molar-refractivity contribution < 1.29 is 44.0 Å². The van der Waals surface area contributed by atoms with Gasteiger partial charge in [0.1, 0.15) is 48.4 Å². The molecule has 6 aromatic rings. The molecule has 0 spiro atoms. The van der Waals surface area contributed by atoms with Gasteiger partial charge in [0.15, 0.2) is 24.8 Å². The third kappa shape index (κ3) is 8.40. The Balaban J connectivity index is 0.000000211. The summed E-state index contributed by atoms with van der Waals surface area (Å²) in [6.45, 7) is 4.61. The second-order valence-corrected chi connectivity index (χ2v) is 18.6. The molecule has 18 heteroatoms. The van der Waals surface area contributed by atoms with Crippen LogP contribution < -0.4 is 10.6 Å². The summed E-state index contributed by atoms with van der Waals surface area (Å²) in [7, 11) is -8.87. The zero-order chi connectivity index (χ0) is 40.3. The van der Waals surface area contributed by atoms with Crippen molar-refractivity contribution in [3.63, 3.8) is 0 Å². The Morgan fingerprint density at radius 2 is 1.22 bits per heavy atom. The molecule has 6 rings (SSSR count). The molecule has 0 aliphatic heterocycles. The first-order chi connectivity index (χ1) is 25.8. The van der Waals surface area contributed by atoms with E-state index in [4.69, 9.17) is 0 Å². The lowest BCUT2D eigenvalue weighted by Crippen LogP contribution is -2.44. The third-order valence-corrected chi connectivity index (χ3v) is 14.0. The highest BCUT2D eigenvalue weighted by Crippen LogP contribution is 2.32. The molecular weight excluding hydrogens is 783 g/mol. The maximum Gasteiger partial charge on any atom is 0.247 e. The Kier molecular flexibility index (Phi) is 11.5. The maximum atomic E-state index is 14.0. The van der Waals surface area contributed by atoms with Gasteiger partial charge in [-0.25, -0.2) is 44.4 Å². The molecule has 0 fully saturated rings. The van der Waals surface area contributed by atoms with Gasteiger partial charge >= 0.3 is 0 Å². The summed E-state index contributed by atoms with van der Waals surface area (Å²) in [5.74, 6) is -5.92. The number of amides is 2. The van der Waals surface area contributed by atoms with Crippen LogP contribution in [0.1, 0.15) is 27.7 Å². The summed E-state index contributed by atoms with van der Waals surface area (Å²) in [5.41, 5.74) is 1.30. The third-order valence-electron chi connectivity index (χ3n) is 8.36. The summed E-state index contributed by atoms with van der Waals surface area (Å²) < 4.78 is 101. The molecule has 55 heavy (non-hydrogen) atoms. The topological polar surface area (TPSA) is 165 Å². The molecule has 3 heterocycles. The number of sulfone groups is 2. The van der Waals surface area contributed by atoms with Crippen molar-refractivity contribution in [3.8, 4) is 11.3 Å². The lowest BCUT2D eigenvalue weighted by atomic mass is 10.1. The van der Waals surface area contributed by atoms with Gasteiger partial charge in [-0.1, -0.05) is 24.3 Å². The molecular formula is C37H31F4N5O6S3. The van der Waals surface area contributed by atoms with E-state index in [0.29, 0.717) is 17.8 Å². The number of benzene rings is 3. The highest BCUT2D eigenvalue weighted by Gasteiger charge is 2.45. The number of hydrogen-bond acceptors (Lipinski definition) is 10. The Hall–Kier alpha value is -5.59. The van der Waals surface area contributed by atoms with Crippen LogP contribution in [-0.2, 0) is 29.3 Å². The van der Waals surface area contributed by atoms with Crippen LogP contribution in [0.5, 0.6) is 0 Å². The van der Waals surface area contributed by atoms with Crippen LogP contribution in [0.25, 0.3) is 22.0 Å². The number of carbonyl (C=O) groups excluding carboxylic acids is 2. The number of halogens is 4. The molecule has 0 atom stereocenters. The van der Waals surface area contributed by atoms with E-state index in [1.165, 1.54) is 0 Å². The number of aromatic nitrogens is 3.